The average Bonchev–Trinajstić information content (AvgIpc) is 2.38. The van der Waals surface area contributed by atoms with E-state index in [0.717, 1.165) is 16.3 Å². The number of Topliss-reactive ketones (excluding diaryl/α,β-unsaturated/α-hetero) is 1. The minimum Gasteiger partial charge on any atom is -0.497 e. The van der Waals surface area contributed by atoms with Crippen LogP contribution < -0.4 is 4.74 Å². The van der Waals surface area contributed by atoms with Gasteiger partial charge >= 0.3 is 0 Å². The molecule has 0 aromatic heterocycles. The van der Waals surface area contributed by atoms with Gasteiger partial charge in [0.05, 0.1) is 23.6 Å². The molecule has 102 valence electrons. The first-order valence-corrected chi connectivity index (χ1v) is 7.02. The van der Waals surface area contributed by atoms with Gasteiger partial charge in [0.25, 0.3) is 0 Å². The highest BCUT2D eigenvalue weighted by atomic mass is 32.1. The zero-order valence-corrected chi connectivity index (χ0v) is 12.8. The summed E-state index contributed by atoms with van der Waals surface area (Å²) in [5, 5.41) is 0. The van der Waals surface area contributed by atoms with Crippen molar-refractivity contribution < 1.29 is 9.53 Å². The SMILES string of the molecule is COc1ccc(N=S=C2C(C)(C)C(=O)C2(C)C)cc1. The van der Waals surface area contributed by atoms with Crippen molar-refractivity contribution in [2.75, 3.05) is 7.11 Å². The van der Waals surface area contributed by atoms with Crippen LogP contribution in [0.25, 0.3) is 0 Å². The first-order chi connectivity index (χ1) is 8.80. The Morgan fingerprint density at radius 3 is 2.05 bits per heavy atom. The number of ether oxygens (including phenoxy) is 1. The standard InChI is InChI=1S/C15H19NO2S/c1-14(2)12(17)15(3,4)13(14)19-16-10-6-8-11(18-5)9-7-10/h6-9H,1-5H3. The minimum atomic E-state index is -0.371. The van der Waals surface area contributed by atoms with Gasteiger partial charge in [-0.25, -0.2) is 0 Å². The number of rotatable bonds is 2. The fraction of sp³-hybridized carbons (Fsp3) is 0.467. The third kappa shape index (κ3) is 2.25. The number of methoxy groups -OCH3 is 1. The summed E-state index contributed by atoms with van der Waals surface area (Å²) in [4.78, 5) is 13.1. The highest BCUT2D eigenvalue weighted by Gasteiger charge is 2.57. The van der Waals surface area contributed by atoms with Crippen molar-refractivity contribution in [1.82, 2.24) is 0 Å². The Labute approximate surface area is 117 Å². The molecule has 0 aliphatic heterocycles. The van der Waals surface area contributed by atoms with Crippen LogP contribution in [0.15, 0.2) is 28.6 Å². The van der Waals surface area contributed by atoms with Crippen LogP contribution in [0.3, 0.4) is 0 Å². The smallest absolute Gasteiger partial charge is 0.153 e. The topological polar surface area (TPSA) is 38.7 Å². The summed E-state index contributed by atoms with van der Waals surface area (Å²) in [6.07, 6.45) is 0. The molecule has 2 rings (SSSR count). The van der Waals surface area contributed by atoms with Crippen LogP contribution in [0.1, 0.15) is 27.7 Å². The third-order valence-corrected chi connectivity index (χ3v) is 5.09. The second-order valence-corrected chi connectivity index (χ2v) is 6.56. The number of nitrogens with zero attached hydrogens (tertiary/aromatic N) is 1. The quantitative estimate of drug-likeness (QED) is 0.777. The number of hydrogen-bond donors (Lipinski definition) is 0. The summed E-state index contributed by atoms with van der Waals surface area (Å²) in [5.41, 5.74) is 0.137. The summed E-state index contributed by atoms with van der Waals surface area (Å²) in [6.45, 7) is 7.86. The van der Waals surface area contributed by atoms with Crippen molar-refractivity contribution in [3.63, 3.8) is 0 Å². The van der Waals surface area contributed by atoms with Gasteiger partial charge in [0.2, 0.25) is 0 Å². The molecular formula is C15H19NO2S. The summed E-state index contributed by atoms with van der Waals surface area (Å²) >= 11 is 1.43. The third-order valence-electron chi connectivity index (χ3n) is 3.59. The van der Waals surface area contributed by atoms with Crippen LogP contribution in [-0.4, -0.2) is 17.8 Å². The molecule has 0 N–H and O–H groups in total. The van der Waals surface area contributed by atoms with E-state index < -0.39 is 0 Å². The number of ketones is 1. The molecule has 0 heterocycles. The molecule has 1 aromatic carbocycles. The average molecular weight is 277 g/mol. The summed E-state index contributed by atoms with van der Waals surface area (Å²) in [5.74, 6) is 1.10. The molecule has 1 fully saturated rings. The van der Waals surface area contributed by atoms with E-state index in [0.29, 0.717) is 0 Å². The van der Waals surface area contributed by atoms with E-state index >= 15 is 0 Å². The Morgan fingerprint density at radius 1 is 1.05 bits per heavy atom. The molecule has 3 nitrogen and oxygen atoms in total. The monoisotopic (exact) mass is 277 g/mol. The lowest BCUT2D eigenvalue weighted by atomic mass is 9.55. The molecule has 0 radical (unpaired) electrons. The first kappa shape index (κ1) is 14.0. The zero-order valence-electron chi connectivity index (χ0n) is 12.0. The van der Waals surface area contributed by atoms with Crippen molar-refractivity contribution in [3.8, 4) is 5.75 Å². The molecule has 0 spiro atoms. The molecule has 1 aromatic rings. The predicted molar refractivity (Wildman–Crippen MR) is 80.0 cm³/mol. The largest absolute Gasteiger partial charge is 0.497 e. The van der Waals surface area contributed by atoms with E-state index in [2.05, 4.69) is 4.36 Å². The van der Waals surface area contributed by atoms with Gasteiger partial charge < -0.3 is 4.74 Å². The van der Waals surface area contributed by atoms with Gasteiger partial charge in [-0.05, 0) is 63.1 Å². The molecule has 0 saturated heterocycles. The van der Waals surface area contributed by atoms with Crippen LogP contribution in [0, 0.1) is 10.8 Å². The van der Waals surface area contributed by atoms with Gasteiger partial charge in [0, 0.05) is 4.86 Å². The summed E-state index contributed by atoms with van der Waals surface area (Å²) in [7, 11) is 1.64. The normalized spacial score (nSPS) is 19.6. The van der Waals surface area contributed by atoms with Crippen LogP contribution in [0.4, 0.5) is 5.69 Å². The lowest BCUT2D eigenvalue weighted by Crippen LogP contribution is -2.61. The van der Waals surface area contributed by atoms with E-state index in [-0.39, 0.29) is 16.6 Å². The fourth-order valence-electron chi connectivity index (χ4n) is 2.68. The van der Waals surface area contributed by atoms with Gasteiger partial charge in [-0.15, -0.1) is 0 Å². The van der Waals surface area contributed by atoms with E-state index in [1.54, 1.807) is 7.11 Å². The van der Waals surface area contributed by atoms with Crippen molar-refractivity contribution >= 4 is 27.5 Å². The fourth-order valence-corrected chi connectivity index (χ4v) is 3.64. The van der Waals surface area contributed by atoms with Crippen molar-refractivity contribution in [2.45, 2.75) is 27.7 Å². The van der Waals surface area contributed by atoms with Crippen molar-refractivity contribution in [2.24, 2.45) is 15.2 Å². The maximum absolute atomic E-state index is 12.0. The number of benzene rings is 1. The Morgan fingerprint density at radius 2 is 1.58 bits per heavy atom. The molecular weight excluding hydrogens is 258 g/mol. The van der Waals surface area contributed by atoms with Crippen molar-refractivity contribution in [1.29, 1.82) is 0 Å². The summed E-state index contributed by atoms with van der Waals surface area (Å²) in [6, 6.07) is 7.58. The molecule has 1 aliphatic carbocycles. The lowest BCUT2D eigenvalue weighted by molar-refractivity contribution is -0.134. The van der Waals surface area contributed by atoms with Gasteiger partial charge in [-0.3, -0.25) is 4.79 Å². The molecule has 1 aliphatic rings. The molecule has 1 saturated carbocycles. The predicted octanol–water partition coefficient (Wildman–Crippen LogP) is 3.40. The van der Waals surface area contributed by atoms with Crippen LogP contribution in [0.5, 0.6) is 5.75 Å². The molecule has 19 heavy (non-hydrogen) atoms. The van der Waals surface area contributed by atoms with E-state index in [1.165, 1.54) is 11.1 Å². The Bertz CT molecular complexity index is 559. The number of hydrogen-bond acceptors (Lipinski definition) is 3. The molecule has 0 atom stereocenters. The van der Waals surface area contributed by atoms with E-state index in [1.807, 2.05) is 52.0 Å². The zero-order chi connectivity index (χ0) is 14.3. The van der Waals surface area contributed by atoms with Crippen molar-refractivity contribution in [3.05, 3.63) is 24.3 Å². The van der Waals surface area contributed by atoms with Crippen LogP contribution >= 0.6 is 0 Å². The first-order valence-electron chi connectivity index (χ1n) is 6.25. The van der Waals surface area contributed by atoms with E-state index in [9.17, 15) is 4.79 Å². The molecule has 4 heteroatoms. The molecule has 0 amide bonds. The van der Waals surface area contributed by atoms with E-state index in [4.69, 9.17) is 4.74 Å². The Hall–Kier alpha value is -1.42. The highest BCUT2D eigenvalue weighted by molar-refractivity contribution is 7.69. The lowest BCUT2D eigenvalue weighted by Gasteiger charge is -2.48. The summed E-state index contributed by atoms with van der Waals surface area (Å²) < 4.78 is 9.61. The molecule has 0 bridgehead atoms. The van der Waals surface area contributed by atoms with Crippen LogP contribution in [-0.2, 0) is 15.9 Å². The number of carbonyl (C=O) groups excluding carboxylic acids is 1. The second-order valence-electron chi connectivity index (χ2n) is 5.79. The maximum atomic E-state index is 12.0. The van der Waals surface area contributed by atoms with Gasteiger partial charge in [0.1, 0.15) is 5.75 Å². The highest BCUT2D eigenvalue weighted by Crippen LogP contribution is 2.46. The second kappa shape index (κ2) is 4.60. The Kier molecular flexibility index (Phi) is 3.39. The van der Waals surface area contributed by atoms with Gasteiger partial charge in [-0.2, -0.15) is 4.36 Å². The number of carbonyl (C=O) groups is 1. The van der Waals surface area contributed by atoms with Gasteiger partial charge in [-0.1, -0.05) is 0 Å². The van der Waals surface area contributed by atoms with Gasteiger partial charge in [0.15, 0.2) is 5.78 Å². The Balaban J connectivity index is 2.34. The molecule has 0 unspecified atom stereocenters. The minimum absolute atomic E-state index is 0.285. The maximum Gasteiger partial charge on any atom is 0.153 e. The van der Waals surface area contributed by atoms with Crippen LogP contribution in [0.2, 0.25) is 0 Å².